The molecule has 1 atom stereocenters. The third kappa shape index (κ3) is 5.55. The first-order valence-electron chi connectivity index (χ1n) is 5.77. The van der Waals surface area contributed by atoms with Gasteiger partial charge in [0.15, 0.2) is 0 Å². The molecule has 0 amide bonds. The second-order valence-corrected chi connectivity index (χ2v) is 5.96. The molecular formula is C13H18ClNO3S. The van der Waals surface area contributed by atoms with E-state index >= 15 is 0 Å². The minimum atomic E-state index is -0.508. The Bertz CT molecular complexity index is 472. The van der Waals surface area contributed by atoms with Crippen molar-refractivity contribution in [1.29, 1.82) is 0 Å². The molecule has 0 N–H and O–H groups in total. The second kappa shape index (κ2) is 7.43. The zero-order valence-corrected chi connectivity index (χ0v) is 13.1. The lowest BCUT2D eigenvalue weighted by atomic mass is 10.2. The summed E-state index contributed by atoms with van der Waals surface area (Å²) in [5.41, 5.74) is -0.508. The van der Waals surface area contributed by atoms with Gasteiger partial charge in [-0.15, -0.1) is 23.7 Å². The number of isocyanates is 1. The van der Waals surface area contributed by atoms with E-state index in [4.69, 9.17) is 4.74 Å². The van der Waals surface area contributed by atoms with Crippen molar-refractivity contribution in [1.82, 2.24) is 0 Å². The molecule has 1 unspecified atom stereocenters. The maximum Gasteiger partial charge on any atom is 0.348 e. The molecule has 1 aromatic heterocycles. The molecule has 0 spiro atoms. The minimum Gasteiger partial charge on any atom is -0.456 e. The van der Waals surface area contributed by atoms with Gasteiger partial charge in [0.2, 0.25) is 6.08 Å². The van der Waals surface area contributed by atoms with Crippen LogP contribution in [0.1, 0.15) is 54.7 Å². The van der Waals surface area contributed by atoms with E-state index in [0.29, 0.717) is 11.3 Å². The monoisotopic (exact) mass is 303 g/mol. The fraction of sp³-hybridized carbons (Fsp3) is 0.538. The minimum absolute atomic E-state index is 0. The number of carbonyl (C=O) groups excluding carboxylic acids is 2. The molecule has 0 aliphatic heterocycles. The lowest BCUT2D eigenvalue weighted by molar-refractivity contribution is 0.00752. The molecule has 0 aliphatic rings. The number of esters is 1. The van der Waals surface area contributed by atoms with Crippen LogP contribution in [0.3, 0.4) is 0 Å². The summed E-state index contributed by atoms with van der Waals surface area (Å²) in [6.07, 6.45) is 2.26. The van der Waals surface area contributed by atoms with E-state index in [1.165, 1.54) is 11.3 Å². The van der Waals surface area contributed by atoms with Gasteiger partial charge < -0.3 is 4.74 Å². The first-order valence-corrected chi connectivity index (χ1v) is 6.59. The van der Waals surface area contributed by atoms with Crippen molar-refractivity contribution in [3.05, 3.63) is 21.9 Å². The van der Waals surface area contributed by atoms with Crippen molar-refractivity contribution in [3.8, 4) is 0 Å². The van der Waals surface area contributed by atoms with Crippen LogP contribution < -0.4 is 0 Å². The maximum atomic E-state index is 11.8. The summed E-state index contributed by atoms with van der Waals surface area (Å²) in [6.45, 7) is 7.40. The lowest BCUT2D eigenvalue weighted by Crippen LogP contribution is -2.23. The molecule has 0 fully saturated rings. The van der Waals surface area contributed by atoms with Crippen molar-refractivity contribution in [2.75, 3.05) is 0 Å². The molecule has 6 heteroatoms. The van der Waals surface area contributed by atoms with E-state index in [1.54, 1.807) is 18.2 Å². The second-order valence-electron chi connectivity index (χ2n) is 4.85. The molecule has 0 saturated heterocycles. The molecule has 4 nitrogen and oxygen atoms in total. The Labute approximate surface area is 123 Å². The zero-order chi connectivity index (χ0) is 13.8. The van der Waals surface area contributed by atoms with Gasteiger partial charge in [-0.25, -0.2) is 9.59 Å². The van der Waals surface area contributed by atoms with Crippen molar-refractivity contribution in [2.45, 2.75) is 45.8 Å². The summed E-state index contributed by atoms with van der Waals surface area (Å²) in [5, 5.41) is 0. The Morgan fingerprint density at radius 2 is 2.11 bits per heavy atom. The largest absolute Gasteiger partial charge is 0.456 e. The average molecular weight is 304 g/mol. The summed E-state index contributed by atoms with van der Waals surface area (Å²) in [4.78, 5) is 27.2. The fourth-order valence-electron chi connectivity index (χ4n) is 1.39. The highest BCUT2D eigenvalue weighted by Gasteiger charge is 2.20. The highest BCUT2D eigenvalue weighted by Crippen LogP contribution is 2.29. The van der Waals surface area contributed by atoms with Crippen LogP contribution in [0.4, 0.5) is 0 Å². The summed E-state index contributed by atoms with van der Waals surface area (Å²) in [6, 6.07) is 3.29. The van der Waals surface area contributed by atoms with E-state index in [0.717, 1.165) is 4.88 Å². The van der Waals surface area contributed by atoms with Crippen molar-refractivity contribution >= 4 is 35.8 Å². The van der Waals surface area contributed by atoms with Gasteiger partial charge in [-0.3, -0.25) is 0 Å². The number of aliphatic imine (C=N–C) groups is 1. The molecular weight excluding hydrogens is 286 g/mol. The standard InChI is InChI=1S/C13H17NO3S.ClH/c1-5-9(14-8-15)10-6-7-11(18-10)12(16)17-13(2,3)4;/h6-7,9H,5H2,1-4H3;1H. The Morgan fingerprint density at radius 3 is 2.58 bits per heavy atom. The molecule has 1 rings (SSSR count). The van der Waals surface area contributed by atoms with Crippen molar-refractivity contribution < 1.29 is 14.3 Å². The van der Waals surface area contributed by atoms with Gasteiger partial charge >= 0.3 is 5.97 Å². The summed E-state index contributed by atoms with van der Waals surface area (Å²) in [5.74, 6) is -0.344. The number of ether oxygens (including phenoxy) is 1. The molecule has 0 aromatic carbocycles. The number of nitrogens with zero attached hydrogens (tertiary/aromatic N) is 1. The van der Waals surface area contributed by atoms with Crippen LogP contribution >= 0.6 is 23.7 Å². The van der Waals surface area contributed by atoms with Crippen LogP contribution in [-0.2, 0) is 9.53 Å². The van der Waals surface area contributed by atoms with E-state index in [2.05, 4.69) is 4.99 Å². The normalized spacial score (nSPS) is 12.0. The van der Waals surface area contributed by atoms with Crippen LogP contribution in [0.25, 0.3) is 0 Å². The number of hydrogen-bond acceptors (Lipinski definition) is 5. The van der Waals surface area contributed by atoms with Crippen LogP contribution in [0.2, 0.25) is 0 Å². The van der Waals surface area contributed by atoms with Gasteiger partial charge in [0.1, 0.15) is 10.5 Å². The quantitative estimate of drug-likeness (QED) is 0.481. The fourth-order valence-corrected chi connectivity index (χ4v) is 2.40. The SMILES string of the molecule is CCC(N=C=O)c1ccc(C(=O)OC(C)(C)C)s1.Cl. The Kier molecular flexibility index (Phi) is 6.98. The topological polar surface area (TPSA) is 55.7 Å². The van der Waals surface area contributed by atoms with E-state index < -0.39 is 5.60 Å². The lowest BCUT2D eigenvalue weighted by Gasteiger charge is -2.18. The van der Waals surface area contributed by atoms with Crippen molar-refractivity contribution in [2.24, 2.45) is 4.99 Å². The van der Waals surface area contributed by atoms with Gasteiger partial charge in [0.05, 0.1) is 6.04 Å². The summed E-state index contributed by atoms with van der Waals surface area (Å²) < 4.78 is 5.27. The molecule has 0 radical (unpaired) electrons. The van der Waals surface area contributed by atoms with Gasteiger partial charge in [-0.2, -0.15) is 4.99 Å². The number of rotatable bonds is 4. The van der Waals surface area contributed by atoms with Crippen LogP contribution in [-0.4, -0.2) is 17.7 Å². The molecule has 106 valence electrons. The molecule has 0 aliphatic carbocycles. The molecule has 0 saturated carbocycles. The highest BCUT2D eigenvalue weighted by atomic mass is 35.5. The summed E-state index contributed by atoms with van der Waals surface area (Å²) >= 11 is 1.31. The van der Waals surface area contributed by atoms with E-state index in [1.807, 2.05) is 27.7 Å². The predicted molar refractivity (Wildman–Crippen MR) is 77.9 cm³/mol. The van der Waals surface area contributed by atoms with Gasteiger partial charge in [-0.1, -0.05) is 6.92 Å². The Morgan fingerprint density at radius 1 is 1.47 bits per heavy atom. The zero-order valence-electron chi connectivity index (χ0n) is 11.4. The maximum absolute atomic E-state index is 11.8. The third-order valence-corrected chi connectivity index (χ3v) is 3.32. The van der Waals surface area contributed by atoms with E-state index in [9.17, 15) is 9.59 Å². The average Bonchev–Trinajstić information content (AvgIpc) is 2.72. The van der Waals surface area contributed by atoms with Gasteiger partial charge in [0, 0.05) is 4.88 Å². The summed E-state index contributed by atoms with van der Waals surface area (Å²) in [7, 11) is 0. The molecule has 1 aromatic rings. The smallest absolute Gasteiger partial charge is 0.348 e. The first kappa shape index (κ1) is 17.8. The van der Waals surface area contributed by atoms with Crippen molar-refractivity contribution in [3.63, 3.8) is 0 Å². The number of hydrogen-bond donors (Lipinski definition) is 0. The Balaban J connectivity index is 0.00000324. The molecule has 19 heavy (non-hydrogen) atoms. The number of thiophene rings is 1. The first-order chi connectivity index (χ1) is 8.37. The van der Waals surface area contributed by atoms with Gasteiger partial charge in [0.25, 0.3) is 0 Å². The van der Waals surface area contributed by atoms with Crippen LogP contribution in [0.15, 0.2) is 17.1 Å². The number of carbonyl (C=O) groups is 1. The van der Waals surface area contributed by atoms with Crippen LogP contribution in [0.5, 0.6) is 0 Å². The Hall–Kier alpha value is -1.16. The third-order valence-electron chi connectivity index (χ3n) is 2.15. The van der Waals surface area contributed by atoms with Gasteiger partial charge in [-0.05, 0) is 39.3 Å². The molecule has 1 heterocycles. The number of halogens is 1. The predicted octanol–water partition coefficient (Wildman–Crippen LogP) is 3.91. The van der Waals surface area contributed by atoms with E-state index in [-0.39, 0.29) is 24.4 Å². The highest BCUT2D eigenvalue weighted by molar-refractivity contribution is 7.14. The molecule has 0 bridgehead atoms. The van der Waals surface area contributed by atoms with Crippen LogP contribution in [0, 0.1) is 0 Å².